The molecule has 0 aromatic carbocycles. The molecule has 0 amide bonds. The van der Waals surface area contributed by atoms with Crippen LogP contribution in [0.3, 0.4) is 0 Å². The number of rotatable bonds is 0. The Balaban J connectivity index is 2.23. The average molecular weight is 154 g/mol. The predicted molar refractivity (Wildman–Crippen MR) is 42.7 cm³/mol. The Morgan fingerprint density at radius 1 is 1.36 bits per heavy atom. The highest BCUT2D eigenvalue weighted by atomic mass is 16.4. The number of fused-ring (bicyclic) bond motifs is 3. The molecule has 3 aliphatic rings. The molecule has 2 aliphatic heterocycles. The first-order valence-corrected chi connectivity index (χ1v) is 4.27. The molecule has 3 heteroatoms. The number of piperidine rings is 2. The van der Waals surface area contributed by atoms with Crippen molar-refractivity contribution in [3.05, 3.63) is 0 Å². The van der Waals surface area contributed by atoms with E-state index in [-0.39, 0.29) is 0 Å². The van der Waals surface area contributed by atoms with Gasteiger partial charge in [-0.05, 0) is 25.7 Å². The van der Waals surface area contributed by atoms with Gasteiger partial charge in [0.15, 0.2) is 0 Å². The third-order valence-electron chi connectivity index (χ3n) is 3.07. The Bertz CT molecular complexity index is 179. The molecular formula is C8H14N2O. The molecule has 0 spiro atoms. The van der Waals surface area contributed by atoms with Crippen molar-refractivity contribution < 1.29 is 5.21 Å². The van der Waals surface area contributed by atoms with E-state index in [4.69, 9.17) is 5.21 Å². The fourth-order valence-corrected chi connectivity index (χ4v) is 2.35. The first-order valence-electron chi connectivity index (χ1n) is 4.27. The second-order valence-electron chi connectivity index (χ2n) is 3.57. The topological polar surface area (TPSA) is 35.8 Å². The summed E-state index contributed by atoms with van der Waals surface area (Å²) in [5, 5.41) is 12.1. The second-order valence-corrected chi connectivity index (χ2v) is 3.57. The molecule has 2 heterocycles. The van der Waals surface area contributed by atoms with Gasteiger partial charge in [-0.25, -0.2) is 0 Å². The third kappa shape index (κ3) is 0.905. The largest absolute Gasteiger partial charge is 0.409 e. The van der Waals surface area contributed by atoms with Crippen LogP contribution in [0, 0.1) is 5.92 Å². The van der Waals surface area contributed by atoms with Crippen LogP contribution in [-0.2, 0) is 0 Å². The number of hydrogen-bond acceptors (Lipinski definition) is 2. The van der Waals surface area contributed by atoms with Crippen molar-refractivity contribution >= 4 is 5.84 Å². The van der Waals surface area contributed by atoms with E-state index in [0.29, 0.717) is 12.0 Å². The van der Waals surface area contributed by atoms with E-state index in [9.17, 15) is 0 Å². The van der Waals surface area contributed by atoms with Gasteiger partial charge in [0.1, 0.15) is 5.84 Å². The molecule has 1 N–H and O–H groups in total. The number of oxime groups is 1. The van der Waals surface area contributed by atoms with Gasteiger partial charge in [0.25, 0.3) is 0 Å². The highest BCUT2D eigenvalue weighted by Crippen LogP contribution is 2.35. The van der Waals surface area contributed by atoms with Crippen LogP contribution in [0.2, 0.25) is 0 Å². The zero-order valence-corrected chi connectivity index (χ0v) is 6.82. The van der Waals surface area contributed by atoms with Gasteiger partial charge < -0.3 is 10.1 Å². The van der Waals surface area contributed by atoms with Gasteiger partial charge in [-0.3, -0.25) is 0 Å². The molecule has 1 saturated carbocycles. The van der Waals surface area contributed by atoms with Crippen LogP contribution in [0.25, 0.3) is 0 Å². The number of nitrogens with zero attached hydrogens (tertiary/aromatic N) is 2. The van der Waals surface area contributed by atoms with E-state index in [2.05, 4.69) is 10.1 Å². The standard InChI is InChI=1S/C8H14N2O/c1-10-7-4-2-6(3-5-7)8(10)9-11/h6-7,11H,2-5H2,1H3/b9-8+. The maximum Gasteiger partial charge on any atom is 0.147 e. The highest BCUT2D eigenvalue weighted by Gasteiger charge is 2.36. The highest BCUT2D eigenvalue weighted by molar-refractivity contribution is 5.85. The minimum atomic E-state index is 0.537. The van der Waals surface area contributed by atoms with Crippen LogP contribution in [0.15, 0.2) is 5.16 Å². The Hall–Kier alpha value is -0.730. The summed E-state index contributed by atoms with van der Waals surface area (Å²) in [5.74, 6) is 1.45. The van der Waals surface area contributed by atoms with Crippen molar-refractivity contribution in [2.75, 3.05) is 7.05 Å². The molecule has 0 aromatic rings. The van der Waals surface area contributed by atoms with Gasteiger partial charge >= 0.3 is 0 Å². The molecular weight excluding hydrogens is 140 g/mol. The Labute approximate surface area is 66.7 Å². The van der Waals surface area contributed by atoms with Crippen LogP contribution in [0.1, 0.15) is 25.7 Å². The lowest BCUT2D eigenvalue weighted by Crippen LogP contribution is -2.50. The van der Waals surface area contributed by atoms with Gasteiger partial charge in [-0.1, -0.05) is 5.16 Å². The van der Waals surface area contributed by atoms with Crippen molar-refractivity contribution in [1.82, 2.24) is 4.90 Å². The summed E-state index contributed by atoms with van der Waals surface area (Å²) in [4.78, 5) is 2.14. The maximum absolute atomic E-state index is 8.73. The lowest BCUT2D eigenvalue weighted by molar-refractivity contribution is 0.179. The van der Waals surface area contributed by atoms with E-state index in [0.717, 1.165) is 5.84 Å². The van der Waals surface area contributed by atoms with Crippen LogP contribution >= 0.6 is 0 Å². The normalized spacial score (nSPS) is 40.1. The fraction of sp³-hybridized carbons (Fsp3) is 0.875. The van der Waals surface area contributed by atoms with Crippen molar-refractivity contribution in [3.8, 4) is 0 Å². The van der Waals surface area contributed by atoms with Gasteiger partial charge in [0.05, 0.1) is 0 Å². The van der Waals surface area contributed by atoms with Crippen molar-refractivity contribution in [2.45, 2.75) is 31.7 Å². The summed E-state index contributed by atoms with van der Waals surface area (Å²) in [6.45, 7) is 0. The molecule has 1 aliphatic carbocycles. The first kappa shape index (κ1) is 6.95. The van der Waals surface area contributed by atoms with Crippen LogP contribution in [-0.4, -0.2) is 29.0 Å². The number of hydrogen-bond donors (Lipinski definition) is 1. The van der Waals surface area contributed by atoms with Crippen LogP contribution in [0.5, 0.6) is 0 Å². The monoisotopic (exact) mass is 154 g/mol. The third-order valence-corrected chi connectivity index (χ3v) is 3.07. The summed E-state index contributed by atoms with van der Waals surface area (Å²) in [6, 6.07) is 0.644. The van der Waals surface area contributed by atoms with Crippen molar-refractivity contribution in [3.63, 3.8) is 0 Å². The zero-order chi connectivity index (χ0) is 7.84. The first-order chi connectivity index (χ1) is 5.33. The number of amidine groups is 1. The molecule has 62 valence electrons. The molecule has 2 saturated heterocycles. The Morgan fingerprint density at radius 3 is 2.36 bits per heavy atom. The van der Waals surface area contributed by atoms with Crippen molar-refractivity contribution in [2.24, 2.45) is 11.1 Å². The summed E-state index contributed by atoms with van der Waals surface area (Å²) in [5.41, 5.74) is 0. The second kappa shape index (κ2) is 2.40. The lowest BCUT2D eigenvalue weighted by Gasteiger charge is -2.44. The Kier molecular flexibility index (Phi) is 1.51. The van der Waals surface area contributed by atoms with Crippen LogP contribution < -0.4 is 0 Å². The van der Waals surface area contributed by atoms with E-state index in [1.54, 1.807) is 0 Å². The van der Waals surface area contributed by atoms with E-state index in [1.807, 2.05) is 7.05 Å². The van der Waals surface area contributed by atoms with E-state index in [1.165, 1.54) is 25.7 Å². The lowest BCUT2D eigenvalue weighted by atomic mass is 9.79. The summed E-state index contributed by atoms with van der Waals surface area (Å²) >= 11 is 0. The van der Waals surface area contributed by atoms with Gasteiger partial charge in [-0.15, -0.1) is 0 Å². The maximum atomic E-state index is 8.73. The van der Waals surface area contributed by atoms with Crippen LogP contribution in [0.4, 0.5) is 0 Å². The molecule has 3 nitrogen and oxygen atoms in total. The minimum absolute atomic E-state index is 0.537. The summed E-state index contributed by atoms with van der Waals surface area (Å²) in [7, 11) is 2.03. The fourth-order valence-electron chi connectivity index (χ4n) is 2.35. The molecule has 0 radical (unpaired) electrons. The van der Waals surface area contributed by atoms with Crippen molar-refractivity contribution in [1.29, 1.82) is 0 Å². The summed E-state index contributed by atoms with van der Waals surface area (Å²) in [6.07, 6.45) is 4.99. The SMILES string of the molecule is CN1/C(=N/O)C2CCC1CC2. The van der Waals surface area contributed by atoms with E-state index >= 15 is 0 Å². The quantitative estimate of drug-likeness (QED) is 0.421. The van der Waals surface area contributed by atoms with Gasteiger partial charge in [0, 0.05) is 19.0 Å². The summed E-state index contributed by atoms with van der Waals surface area (Å²) < 4.78 is 0. The Morgan fingerprint density at radius 2 is 2.00 bits per heavy atom. The van der Waals surface area contributed by atoms with E-state index < -0.39 is 0 Å². The zero-order valence-electron chi connectivity index (χ0n) is 6.82. The van der Waals surface area contributed by atoms with Gasteiger partial charge in [0.2, 0.25) is 0 Å². The van der Waals surface area contributed by atoms with Gasteiger partial charge in [-0.2, -0.15) is 0 Å². The molecule has 0 unspecified atom stereocenters. The minimum Gasteiger partial charge on any atom is -0.409 e. The molecule has 11 heavy (non-hydrogen) atoms. The molecule has 3 fully saturated rings. The molecule has 0 atom stereocenters. The smallest absolute Gasteiger partial charge is 0.147 e. The molecule has 3 rings (SSSR count). The predicted octanol–water partition coefficient (Wildman–Crippen LogP) is 1.28. The average Bonchev–Trinajstić information content (AvgIpc) is 2.06. The molecule has 2 bridgehead atoms. The molecule has 0 aromatic heterocycles.